The number of anilines is 1. The molecule has 0 spiro atoms. The summed E-state index contributed by atoms with van der Waals surface area (Å²) in [5.41, 5.74) is 1.58. The Labute approximate surface area is 64.3 Å². The summed E-state index contributed by atoms with van der Waals surface area (Å²) in [7, 11) is 0. The van der Waals surface area contributed by atoms with E-state index in [4.69, 9.17) is 5.11 Å². The highest BCUT2D eigenvalue weighted by Crippen LogP contribution is 2.32. The first kappa shape index (κ1) is 6.64. The van der Waals surface area contributed by atoms with Gasteiger partial charge in [0.2, 0.25) is 0 Å². The molecule has 0 radical (unpaired) electrons. The summed E-state index contributed by atoms with van der Waals surface area (Å²) in [5, 5.41) is 21.2. The van der Waals surface area contributed by atoms with E-state index in [0.717, 1.165) is 11.3 Å². The molecule has 1 aromatic carbocycles. The van der Waals surface area contributed by atoms with Gasteiger partial charge in [0, 0.05) is 11.3 Å². The minimum absolute atomic E-state index is 0.764. The third kappa shape index (κ3) is 0.895. The highest BCUT2D eigenvalue weighted by atomic mass is 16.3. The maximum Gasteiger partial charge on any atom is 0.155 e. The average Bonchev–Trinajstić information content (AvgIpc) is 2.30. The zero-order valence-corrected chi connectivity index (χ0v) is 5.86. The molecule has 0 saturated heterocycles. The average molecular weight is 151 g/mol. The third-order valence-corrected chi connectivity index (χ3v) is 1.88. The summed E-state index contributed by atoms with van der Waals surface area (Å²) in [5.74, 6) is 0. The van der Waals surface area contributed by atoms with Crippen LogP contribution in [0, 0.1) is 0 Å². The number of para-hydroxylation sites is 1. The van der Waals surface area contributed by atoms with Gasteiger partial charge in [-0.3, -0.25) is 0 Å². The molecule has 1 aliphatic rings. The van der Waals surface area contributed by atoms with E-state index in [1.807, 2.05) is 18.2 Å². The normalized spacial score (nSPS) is 27.8. The standard InChI is InChI=1S/C8H9NO2/c10-7-5-3-1-2-4-6(5)9-8(7)11/h1-4,7-11H/t7-,8+/m1/s1. The molecule has 1 aromatic rings. The van der Waals surface area contributed by atoms with Crippen LogP contribution in [0.25, 0.3) is 0 Å². The predicted octanol–water partition coefficient (Wildman–Crippen LogP) is 0.464. The smallest absolute Gasteiger partial charge is 0.155 e. The van der Waals surface area contributed by atoms with Crippen LogP contribution in [-0.2, 0) is 0 Å². The molecule has 0 saturated carbocycles. The highest BCUT2D eigenvalue weighted by molar-refractivity contribution is 5.57. The van der Waals surface area contributed by atoms with Gasteiger partial charge in [0.15, 0.2) is 6.23 Å². The quantitative estimate of drug-likeness (QED) is 0.505. The van der Waals surface area contributed by atoms with E-state index >= 15 is 0 Å². The molecule has 58 valence electrons. The molecule has 2 atom stereocenters. The van der Waals surface area contributed by atoms with Crippen LogP contribution < -0.4 is 5.32 Å². The van der Waals surface area contributed by atoms with Crippen molar-refractivity contribution in [3.8, 4) is 0 Å². The number of hydrogen-bond donors (Lipinski definition) is 3. The summed E-state index contributed by atoms with van der Waals surface area (Å²) < 4.78 is 0. The Bertz CT molecular complexity index is 275. The van der Waals surface area contributed by atoms with Gasteiger partial charge in [0.25, 0.3) is 0 Å². The van der Waals surface area contributed by atoms with E-state index in [1.54, 1.807) is 6.07 Å². The number of hydrogen-bond acceptors (Lipinski definition) is 3. The molecule has 1 aliphatic heterocycles. The van der Waals surface area contributed by atoms with E-state index in [2.05, 4.69) is 5.32 Å². The lowest BCUT2D eigenvalue weighted by Gasteiger charge is -2.06. The van der Waals surface area contributed by atoms with E-state index in [1.165, 1.54) is 0 Å². The van der Waals surface area contributed by atoms with Gasteiger partial charge in [-0.1, -0.05) is 18.2 Å². The number of benzene rings is 1. The SMILES string of the molecule is O[C@@H]1Nc2ccccc2[C@H]1O. The van der Waals surface area contributed by atoms with Crippen molar-refractivity contribution >= 4 is 5.69 Å². The molecular formula is C8H9NO2. The first-order valence-corrected chi connectivity index (χ1v) is 3.50. The second-order valence-electron chi connectivity index (χ2n) is 2.62. The van der Waals surface area contributed by atoms with Crippen molar-refractivity contribution < 1.29 is 10.2 Å². The van der Waals surface area contributed by atoms with E-state index in [-0.39, 0.29) is 0 Å². The fourth-order valence-corrected chi connectivity index (χ4v) is 1.29. The zero-order valence-electron chi connectivity index (χ0n) is 5.86. The minimum atomic E-state index is -0.854. The number of fused-ring (bicyclic) bond motifs is 1. The van der Waals surface area contributed by atoms with Gasteiger partial charge in [0.05, 0.1) is 0 Å². The van der Waals surface area contributed by atoms with E-state index in [9.17, 15) is 5.11 Å². The van der Waals surface area contributed by atoms with Crippen molar-refractivity contribution in [2.45, 2.75) is 12.3 Å². The Kier molecular flexibility index (Phi) is 1.34. The fourth-order valence-electron chi connectivity index (χ4n) is 1.29. The molecular weight excluding hydrogens is 142 g/mol. The van der Waals surface area contributed by atoms with Crippen molar-refractivity contribution in [3.63, 3.8) is 0 Å². The molecule has 2 rings (SSSR count). The van der Waals surface area contributed by atoms with Gasteiger partial charge >= 0.3 is 0 Å². The predicted molar refractivity (Wildman–Crippen MR) is 41.0 cm³/mol. The lowest BCUT2D eigenvalue weighted by Crippen LogP contribution is -2.18. The molecule has 0 fully saturated rings. The molecule has 3 nitrogen and oxygen atoms in total. The summed E-state index contributed by atoms with van der Waals surface area (Å²) in [6.45, 7) is 0. The van der Waals surface area contributed by atoms with Crippen LogP contribution in [0.5, 0.6) is 0 Å². The van der Waals surface area contributed by atoms with Gasteiger partial charge in [-0.2, -0.15) is 0 Å². The summed E-state index contributed by atoms with van der Waals surface area (Å²) in [6, 6.07) is 7.32. The first-order chi connectivity index (χ1) is 5.29. The second kappa shape index (κ2) is 2.22. The van der Waals surface area contributed by atoms with E-state index < -0.39 is 12.3 Å². The number of aliphatic hydroxyl groups is 2. The van der Waals surface area contributed by atoms with Gasteiger partial charge in [-0.05, 0) is 6.07 Å². The summed E-state index contributed by atoms with van der Waals surface area (Å²) >= 11 is 0. The number of nitrogens with one attached hydrogen (secondary N) is 1. The lowest BCUT2D eigenvalue weighted by molar-refractivity contribution is 0.0462. The van der Waals surface area contributed by atoms with Crippen molar-refractivity contribution in [1.29, 1.82) is 0 Å². The van der Waals surface area contributed by atoms with Crippen LogP contribution in [-0.4, -0.2) is 16.4 Å². The largest absolute Gasteiger partial charge is 0.384 e. The number of rotatable bonds is 0. The van der Waals surface area contributed by atoms with Crippen molar-refractivity contribution in [2.75, 3.05) is 5.32 Å². The molecule has 0 bridgehead atoms. The van der Waals surface area contributed by atoms with Crippen LogP contribution in [0.1, 0.15) is 11.7 Å². The van der Waals surface area contributed by atoms with Crippen LogP contribution in [0.4, 0.5) is 5.69 Å². The lowest BCUT2D eigenvalue weighted by atomic mass is 10.1. The van der Waals surface area contributed by atoms with Gasteiger partial charge in [-0.25, -0.2) is 0 Å². The van der Waals surface area contributed by atoms with Gasteiger partial charge in [0.1, 0.15) is 6.10 Å². The molecule has 0 aliphatic carbocycles. The van der Waals surface area contributed by atoms with Crippen LogP contribution in [0.2, 0.25) is 0 Å². The molecule has 0 aromatic heterocycles. The molecule has 3 heteroatoms. The Morgan fingerprint density at radius 2 is 1.91 bits per heavy atom. The molecule has 0 amide bonds. The Morgan fingerprint density at radius 3 is 2.64 bits per heavy atom. The van der Waals surface area contributed by atoms with E-state index in [0.29, 0.717) is 0 Å². The van der Waals surface area contributed by atoms with Crippen LogP contribution >= 0.6 is 0 Å². The van der Waals surface area contributed by atoms with Crippen molar-refractivity contribution in [2.24, 2.45) is 0 Å². The zero-order chi connectivity index (χ0) is 7.84. The van der Waals surface area contributed by atoms with Crippen molar-refractivity contribution in [1.82, 2.24) is 0 Å². The van der Waals surface area contributed by atoms with Gasteiger partial charge in [-0.15, -0.1) is 0 Å². The topological polar surface area (TPSA) is 52.5 Å². The third-order valence-electron chi connectivity index (χ3n) is 1.88. The maximum atomic E-state index is 9.34. The van der Waals surface area contributed by atoms with Gasteiger partial charge < -0.3 is 15.5 Å². The second-order valence-corrected chi connectivity index (χ2v) is 2.62. The Balaban J connectivity index is 2.47. The highest BCUT2D eigenvalue weighted by Gasteiger charge is 2.27. The number of aliphatic hydroxyl groups excluding tert-OH is 2. The molecule has 1 heterocycles. The summed E-state index contributed by atoms with van der Waals surface area (Å²) in [4.78, 5) is 0. The van der Waals surface area contributed by atoms with Crippen LogP contribution in [0.3, 0.4) is 0 Å². The maximum absolute atomic E-state index is 9.34. The minimum Gasteiger partial charge on any atom is -0.384 e. The first-order valence-electron chi connectivity index (χ1n) is 3.50. The molecule has 0 unspecified atom stereocenters. The molecule has 11 heavy (non-hydrogen) atoms. The molecule has 3 N–H and O–H groups in total. The van der Waals surface area contributed by atoms with Crippen molar-refractivity contribution in [3.05, 3.63) is 29.8 Å². The Hall–Kier alpha value is -1.06. The van der Waals surface area contributed by atoms with Crippen LogP contribution in [0.15, 0.2) is 24.3 Å². The Morgan fingerprint density at radius 1 is 1.18 bits per heavy atom. The fraction of sp³-hybridized carbons (Fsp3) is 0.250. The monoisotopic (exact) mass is 151 g/mol. The summed E-state index contributed by atoms with van der Waals surface area (Å²) in [6.07, 6.45) is -1.64.